The van der Waals surface area contributed by atoms with E-state index >= 15 is 0 Å². The van der Waals surface area contributed by atoms with Crippen LogP contribution in [0.25, 0.3) is 0 Å². The molecular formula is C12H12NO. The first-order chi connectivity index (χ1) is 6.67. The quantitative estimate of drug-likeness (QED) is 0.727. The number of hydrogen-bond acceptors (Lipinski definition) is 2. The molecule has 0 saturated heterocycles. The second-order valence-electron chi connectivity index (χ2n) is 3.17. The van der Waals surface area contributed by atoms with E-state index in [1.807, 2.05) is 19.9 Å². The van der Waals surface area contributed by atoms with Crippen molar-refractivity contribution in [1.29, 1.82) is 5.26 Å². The van der Waals surface area contributed by atoms with Crippen LogP contribution >= 0.6 is 0 Å². The maximum atomic E-state index is 8.87. The summed E-state index contributed by atoms with van der Waals surface area (Å²) in [6, 6.07) is 7.39. The van der Waals surface area contributed by atoms with Gasteiger partial charge in [0.05, 0.1) is 11.7 Å². The Hall–Kier alpha value is -1.75. The van der Waals surface area contributed by atoms with E-state index < -0.39 is 0 Å². The molecule has 0 unspecified atom stereocenters. The van der Waals surface area contributed by atoms with Gasteiger partial charge in [-0.3, -0.25) is 0 Å². The fourth-order valence-corrected chi connectivity index (χ4v) is 1.08. The van der Waals surface area contributed by atoms with E-state index in [0.717, 1.165) is 5.56 Å². The number of benzene rings is 1. The fourth-order valence-electron chi connectivity index (χ4n) is 1.08. The summed E-state index contributed by atoms with van der Waals surface area (Å²) in [5.74, 6) is 0.613. The van der Waals surface area contributed by atoms with Gasteiger partial charge in [0.2, 0.25) is 0 Å². The zero-order chi connectivity index (χ0) is 10.6. The zero-order valence-corrected chi connectivity index (χ0v) is 8.37. The van der Waals surface area contributed by atoms with Gasteiger partial charge in [0.1, 0.15) is 11.8 Å². The molecule has 1 rings (SSSR count). The fraction of sp³-hybridized carbons (Fsp3) is 0.250. The van der Waals surface area contributed by atoms with Crippen LogP contribution in [-0.4, -0.2) is 6.10 Å². The van der Waals surface area contributed by atoms with Crippen LogP contribution in [0.15, 0.2) is 24.8 Å². The van der Waals surface area contributed by atoms with Crippen LogP contribution in [0.5, 0.6) is 5.75 Å². The normalized spacial score (nSPS) is 9.57. The van der Waals surface area contributed by atoms with Crippen molar-refractivity contribution in [3.63, 3.8) is 0 Å². The van der Waals surface area contributed by atoms with E-state index in [0.29, 0.717) is 11.3 Å². The van der Waals surface area contributed by atoms with Gasteiger partial charge < -0.3 is 4.74 Å². The van der Waals surface area contributed by atoms with Crippen LogP contribution < -0.4 is 4.74 Å². The molecule has 0 N–H and O–H groups in total. The first kappa shape index (κ1) is 10.3. The molecule has 0 aliphatic rings. The number of nitrogens with zero attached hydrogens (tertiary/aromatic N) is 1. The molecule has 0 aromatic heterocycles. The van der Waals surface area contributed by atoms with Crippen LogP contribution in [-0.2, 0) is 0 Å². The highest BCUT2D eigenvalue weighted by Gasteiger charge is 2.05. The highest BCUT2D eigenvalue weighted by Crippen LogP contribution is 2.20. The first-order valence-corrected chi connectivity index (χ1v) is 4.41. The molecular weight excluding hydrogens is 174 g/mol. The third kappa shape index (κ3) is 2.37. The Morgan fingerprint density at radius 3 is 2.64 bits per heavy atom. The van der Waals surface area contributed by atoms with Crippen LogP contribution in [0, 0.1) is 17.4 Å². The molecule has 2 nitrogen and oxygen atoms in total. The van der Waals surface area contributed by atoms with E-state index in [-0.39, 0.29) is 6.10 Å². The van der Waals surface area contributed by atoms with Crippen molar-refractivity contribution < 1.29 is 4.74 Å². The Morgan fingerprint density at radius 1 is 1.43 bits per heavy atom. The molecule has 0 aliphatic carbocycles. The minimum Gasteiger partial charge on any atom is -0.490 e. The lowest BCUT2D eigenvalue weighted by Gasteiger charge is -2.11. The lowest BCUT2D eigenvalue weighted by Crippen LogP contribution is -2.06. The molecule has 0 spiro atoms. The highest BCUT2D eigenvalue weighted by atomic mass is 16.5. The SMILES string of the molecule is C=[C]c1ccc(OC(C)C)c(C#N)c1. The second kappa shape index (κ2) is 4.48. The smallest absolute Gasteiger partial charge is 0.137 e. The van der Waals surface area contributed by atoms with Gasteiger partial charge in [-0.05, 0) is 37.6 Å². The van der Waals surface area contributed by atoms with Gasteiger partial charge in [0, 0.05) is 0 Å². The average Bonchev–Trinajstić information content (AvgIpc) is 2.17. The summed E-state index contributed by atoms with van der Waals surface area (Å²) < 4.78 is 5.47. The van der Waals surface area contributed by atoms with Gasteiger partial charge in [0.15, 0.2) is 0 Å². The van der Waals surface area contributed by atoms with Crippen molar-refractivity contribution in [1.82, 2.24) is 0 Å². The summed E-state index contributed by atoms with van der Waals surface area (Å²) in [5.41, 5.74) is 1.32. The van der Waals surface area contributed by atoms with Gasteiger partial charge in [-0.1, -0.05) is 12.6 Å². The molecule has 0 saturated carbocycles. The van der Waals surface area contributed by atoms with Gasteiger partial charge in [-0.25, -0.2) is 0 Å². The first-order valence-electron chi connectivity index (χ1n) is 4.41. The third-order valence-electron chi connectivity index (χ3n) is 1.67. The molecule has 0 aliphatic heterocycles. The Morgan fingerprint density at radius 2 is 2.14 bits per heavy atom. The Bertz CT molecular complexity index is 374. The van der Waals surface area contributed by atoms with Gasteiger partial charge in [-0.15, -0.1) is 0 Å². The molecule has 1 radical (unpaired) electrons. The summed E-state index contributed by atoms with van der Waals surface area (Å²) in [4.78, 5) is 0. The number of ether oxygens (including phenoxy) is 1. The molecule has 0 amide bonds. The predicted octanol–water partition coefficient (Wildman–Crippen LogP) is 2.68. The molecule has 1 aromatic rings. The summed E-state index contributed by atoms with van der Waals surface area (Å²) in [6.45, 7) is 7.37. The Balaban J connectivity index is 3.06. The van der Waals surface area contributed by atoms with Crippen molar-refractivity contribution >= 4 is 0 Å². The minimum absolute atomic E-state index is 0.0701. The molecule has 0 atom stereocenters. The van der Waals surface area contributed by atoms with E-state index in [2.05, 4.69) is 18.7 Å². The van der Waals surface area contributed by atoms with Crippen LogP contribution in [0.3, 0.4) is 0 Å². The maximum absolute atomic E-state index is 8.87. The van der Waals surface area contributed by atoms with Gasteiger partial charge in [0.25, 0.3) is 0 Å². The van der Waals surface area contributed by atoms with E-state index in [9.17, 15) is 0 Å². The minimum atomic E-state index is 0.0701. The molecule has 0 bridgehead atoms. The number of rotatable bonds is 3. The zero-order valence-electron chi connectivity index (χ0n) is 8.37. The maximum Gasteiger partial charge on any atom is 0.137 e. The van der Waals surface area contributed by atoms with Crippen molar-refractivity contribution in [2.45, 2.75) is 20.0 Å². The van der Waals surface area contributed by atoms with Crippen molar-refractivity contribution in [2.75, 3.05) is 0 Å². The Kier molecular flexibility index (Phi) is 3.30. The molecule has 0 fully saturated rings. The molecule has 2 heteroatoms. The number of nitriles is 1. The van der Waals surface area contributed by atoms with Crippen LogP contribution in [0.2, 0.25) is 0 Å². The average molecular weight is 186 g/mol. The third-order valence-corrected chi connectivity index (χ3v) is 1.67. The van der Waals surface area contributed by atoms with E-state index in [1.54, 1.807) is 12.1 Å². The summed E-state index contributed by atoms with van der Waals surface area (Å²) in [5, 5.41) is 8.87. The molecule has 14 heavy (non-hydrogen) atoms. The topological polar surface area (TPSA) is 33.0 Å². The highest BCUT2D eigenvalue weighted by molar-refractivity contribution is 5.46. The molecule has 1 aromatic carbocycles. The van der Waals surface area contributed by atoms with Crippen molar-refractivity contribution in [3.8, 4) is 11.8 Å². The van der Waals surface area contributed by atoms with Gasteiger partial charge >= 0.3 is 0 Å². The predicted molar refractivity (Wildman–Crippen MR) is 54.9 cm³/mol. The summed E-state index contributed by atoms with van der Waals surface area (Å²) in [7, 11) is 0. The monoisotopic (exact) mass is 186 g/mol. The molecule has 0 heterocycles. The van der Waals surface area contributed by atoms with Crippen molar-refractivity contribution in [3.05, 3.63) is 42.0 Å². The summed E-state index contributed by atoms with van der Waals surface area (Å²) in [6.07, 6.45) is 2.80. The van der Waals surface area contributed by atoms with E-state index in [4.69, 9.17) is 10.00 Å². The van der Waals surface area contributed by atoms with E-state index in [1.165, 1.54) is 0 Å². The largest absolute Gasteiger partial charge is 0.490 e. The van der Waals surface area contributed by atoms with Crippen LogP contribution in [0.4, 0.5) is 0 Å². The van der Waals surface area contributed by atoms with Gasteiger partial charge in [-0.2, -0.15) is 5.26 Å². The summed E-state index contributed by atoms with van der Waals surface area (Å²) >= 11 is 0. The van der Waals surface area contributed by atoms with Crippen LogP contribution in [0.1, 0.15) is 25.0 Å². The second-order valence-corrected chi connectivity index (χ2v) is 3.17. The standard InChI is InChI=1S/C12H12NO/c1-4-10-5-6-12(14-9(2)3)11(7-10)8-13/h5-7,9H,1H2,2-3H3. The lowest BCUT2D eigenvalue weighted by atomic mass is 10.1. The van der Waals surface area contributed by atoms with Crippen molar-refractivity contribution in [2.24, 2.45) is 0 Å². The molecule has 71 valence electrons. The Labute approximate surface area is 84.4 Å². The lowest BCUT2D eigenvalue weighted by molar-refractivity contribution is 0.241. The number of hydrogen-bond donors (Lipinski definition) is 0.